The predicted molar refractivity (Wildman–Crippen MR) is 39.2 cm³/mol. The van der Waals surface area contributed by atoms with Gasteiger partial charge in [0.1, 0.15) is 0 Å². The van der Waals surface area contributed by atoms with Gasteiger partial charge in [-0.3, -0.25) is 0 Å². The summed E-state index contributed by atoms with van der Waals surface area (Å²) >= 11 is 0. The van der Waals surface area contributed by atoms with Crippen LogP contribution in [0.1, 0.15) is 26.7 Å². The van der Waals surface area contributed by atoms with Crippen molar-refractivity contribution in [3.8, 4) is 0 Å². The monoisotopic (exact) mass is 148 g/mol. The molecule has 1 unspecified atom stereocenters. The molecule has 0 saturated heterocycles. The second kappa shape index (κ2) is 4.42. The summed E-state index contributed by atoms with van der Waals surface area (Å²) < 4.78 is 24.0. The average molecular weight is 148 g/mol. The Bertz CT molecular complexity index is 108. The standard InChI is InChI=1S/C8H14F2/c1-4-7(8(9)10)5-6(2)3/h7-8H,2,4-5H2,1,3H3. The maximum absolute atomic E-state index is 12.0. The number of halogens is 2. The molecule has 60 valence electrons. The largest absolute Gasteiger partial charge is 0.241 e. The Morgan fingerprint density at radius 2 is 2.00 bits per heavy atom. The van der Waals surface area contributed by atoms with Crippen molar-refractivity contribution in [2.45, 2.75) is 33.1 Å². The van der Waals surface area contributed by atoms with Crippen molar-refractivity contribution in [3.63, 3.8) is 0 Å². The Morgan fingerprint density at radius 1 is 1.50 bits per heavy atom. The third-order valence-electron chi connectivity index (χ3n) is 1.49. The van der Waals surface area contributed by atoms with Gasteiger partial charge in [-0.1, -0.05) is 12.5 Å². The molecule has 0 rings (SSSR count). The van der Waals surface area contributed by atoms with E-state index in [1.54, 1.807) is 13.8 Å². The molecule has 1 atom stereocenters. The van der Waals surface area contributed by atoms with Crippen LogP contribution in [0.15, 0.2) is 12.2 Å². The summed E-state index contributed by atoms with van der Waals surface area (Å²) in [4.78, 5) is 0. The molecular weight excluding hydrogens is 134 g/mol. The zero-order chi connectivity index (χ0) is 8.15. The van der Waals surface area contributed by atoms with Gasteiger partial charge in [-0.15, -0.1) is 6.58 Å². The molecular formula is C8H14F2. The van der Waals surface area contributed by atoms with E-state index in [4.69, 9.17) is 0 Å². The number of hydrogen-bond donors (Lipinski definition) is 0. The third kappa shape index (κ3) is 3.59. The van der Waals surface area contributed by atoms with Crippen LogP contribution in [0.4, 0.5) is 8.78 Å². The summed E-state index contributed by atoms with van der Waals surface area (Å²) in [6.07, 6.45) is -1.21. The summed E-state index contributed by atoms with van der Waals surface area (Å²) in [6.45, 7) is 7.15. The SMILES string of the molecule is C=C(C)CC(CC)C(F)F. The van der Waals surface area contributed by atoms with E-state index in [2.05, 4.69) is 6.58 Å². The van der Waals surface area contributed by atoms with Gasteiger partial charge < -0.3 is 0 Å². The normalized spacial score (nSPS) is 13.7. The number of rotatable bonds is 4. The number of alkyl halides is 2. The Labute approximate surface area is 60.9 Å². The first-order valence-corrected chi connectivity index (χ1v) is 3.50. The Hall–Kier alpha value is -0.400. The Morgan fingerprint density at radius 3 is 2.10 bits per heavy atom. The summed E-state index contributed by atoms with van der Waals surface area (Å²) in [5.74, 6) is -0.488. The minimum Gasteiger partial charge on any atom is -0.210 e. The maximum Gasteiger partial charge on any atom is 0.241 e. The fourth-order valence-corrected chi connectivity index (χ4v) is 0.859. The molecule has 0 radical (unpaired) electrons. The van der Waals surface area contributed by atoms with Crippen LogP contribution in [-0.2, 0) is 0 Å². The zero-order valence-corrected chi connectivity index (χ0v) is 6.53. The summed E-state index contributed by atoms with van der Waals surface area (Å²) in [5.41, 5.74) is 0.840. The first-order valence-electron chi connectivity index (χ1n) is 3.50. The zero-order valence-electron chi connectivity index (χ0n) is 6.53. The van der Waals surface area contributed by atoms with Crippen LogP contribution in [0.2, 0.25) is 0 Å². The molecule has 0 bridgehead atoms. The van der Waals surface area contributed by atoms with Gasteiger partial charge in [0.05, 0.1) is 0 Å². The van der Waals surface area contributed by atoms with Crippen LogP contribution in [0, 0.1) is 5.92 Å². The maximum atomic E-state index is 12.0. The molecule has 0 fully saturated rings. The lowest BCUT2D eigenvalue weighted by Crippen LogP contribution is -2.09. The molecule has 0 amide bonds. The quantitative estimate of drug-likeness (QED) is 0.537. The van der Waals surface area contributed by atoms with Gasteiger partial charge in [0.25, 0.3) is 0 Å². The molecule has 0 aliphatic heterocycles. The van der Waals surface area contributed by atoms with Crippen molar-refractivity contribution in [2.75, 3.05) is 0 Å². The van der Waals surface area contributed by atoms with E-state index < -0.39 is 12.3 Å². The molecule has 2 heteroatoms. The van der Waals surface area contributed by atoms with Crippen molar-refractivity contribution in [1.82, 2.24) is 0 Å². The van der Waals surface area contributed by atoms with Crippen molar-refractivity contribution >= 4 is 0 Å². The van der Waals surface area contributed by atoms with E-state index >= 15 is 0 Å². The van der Waals surface area contributed by atoms with Gasteiger partial charge in [0, 0.05) is 5.92 Å². The van der Waals surface area contributed by atoms with E-state index in [1.807, 2.05) is 0 Å². The molecule has 10 heavy (non-hydrogen) atoms. The lowest BCUT2D eigenvalue weighted by molar-refractivity contribution is 0.0750. The number of hydrogen-bond acceptors (Lipinski definition) is 0. The topological polar surface area (TPSA) is 0 Å². The van der Waals surface area contributed by atoms with E-state index in [9.17, 15) is 8.78 Å². The lowest BCUT2D eigenvalue weighted by atomic mass is 9.99. The molecule has 0 heterocycles. The van der Waals surface area contributed by atoms with Crippen molar-refractivity contribution in [1.29, 1.82) is 0 Å². The first kappa shape index (κ1) is 9.60. The molecule has 0 aliphatic carbocycles. The highest BCUT2D eigenvalue weighted by Gasteiger charge is 2.17. The van der Waals surface area contributed by atoms with Crippen LogP contribution in [0.3, 0.4) is 0 Å². The van der Waals surface area contributed by atoms with E-state index in [-0.39, 0.29) is 0 Å². The van der Waals surface area contributed by atoms with Crippen molar-refractivity contribution in [2.24, 2.45) is 5.92 Å². The molecule has 0 aromatic heterocycles. The summed E-state index contributed by atoms with van der Waals surface area (Å²) in [6, 6.07) is 0. The fourth-order valence-electron chi connectivity index (χ4n) is 0.859. The van der Waals surface area contributed by atoms with Crippen LogP contribution in [-0.4, -0.2) is 6.43 Å². The smallest absolute Gasteiger partial charge is 0.210 e. The van der Waals surface area contributed by atoms with E-state index in [1.165, 1.54) is 0 Å². The highest BCUT2D eigenvalue weighted by atomic mass is 19.3. The molecule has 0 N–H and O–H groups in total. The van der Waals surface area contributed by atoms with E-state index in [0.717, 1.165) is 5.57 Å². The second-order valence-corrected chi connectivity index (χ2v) is 2.66. The van der Waals surface area contributed by atoms with Crippen LogP contribution in [0.25, 0.3) is 0 Å². The number of allylic oxidation sites excluding steroid dienone is 1. The van der Waals surface area contributed by atoms with Crippen LogP contribution >= 0.6 is 0 Å². The second-order valence-electron chi connectivity index (χ2n) is 2.66. The molecule has 0 spiro atoms. The van der Waals surface area contributed by atoms with Gasteiger partial charge >= 0.3 is 0 Å². The molecule has 0 aromatic rings. The van der Waals surface area contributed by atoms with Crippen molar-refractivity contribution in [3.05, 3.63) is 12.2 Å². The fraction of sp³-hybridized carbons (Fsp3) is 0.750. The van der Waals surface area contributed by atoms with Gasteiger partial charge in [0.2, 0.25) is 6.43 Å². The predicted octanol–water partition coefficient (Wildman–Crippen LogP) is 3.24. The van der Waals surface area contributed by atoms with Gasteiger partial charge in [-0.05, 0) is 19.8 Å². The summed E-state index contributed by atoms with van der Waals surface area (Å²) in [5, 5.41) is 0. The minimum absolute atomic E-state index is 0.453. The van der Waals surface area contributed by atoms with Crippen LogP contribution in [0.5, 0.6) is 0 Å². The van der Waals surface area contributed by atoms with Gasteiger partial charge in [-0.25, -0.2) is 8.78 Å². The molecule has 0 nitrogen and oxygen atoms in total. The molecule has 0 aliphatic rings. The van der Waals surface area contributed by atoms with Crippen LogP contribution < -0.4 is 0 Å². The highest BCUT2D eigenvalue weighted by Crippen LogP contribution is 2.20. The average Bonchev–Trinajstić information content (AvgIpc) is 1.81. The molecule has 0 aromatic carbocycles. The van der Waals surface area contributed by atoms with Gasteiger partial charge in [0.15, 0.2) is 0 Å². The first-order chi connectivity index (χ1) is 4.57. The Kier molecular flexibility index (Phi) is 4.24. The minimum atomic E-state index is -2.19. The molecule has 0 saturated carbocycles. The Balaban J connectivity index is 3.71. The van der Waals surface area contributed by atoms with Gasteiger partial charge in [-0.2, -0.15) is 0 Å². The van der Waals surface area contributed by atoms with E-state index in [0.29, 0.717) is 12.8 Å². The highest BCUT2D eigenvalue weighted by molar-refractivity contribution is 4.90. The lowest BCUT2D eigenvalue weighted by Gasteiger charge is -2.12. The summed E-state index contributed by atoms with van der Waals surface area (Å²) in [7, 11) is 0. The third-order valence-corrected chi connectivity index (χ3v) is 1.49. The van der Waals surface area contributed by atoms with Crippen molar-refractivity contribution < 1.29 is 8.78 Å².